The van der Waals surface area contributed by atoms with Crippen molar-refractivity contribution in [1.82, 2.24) is 4.90 Å². The van der Waals surface area contributed by atoms with E-state index in [9.17, 15) is 18.0 Å². The Labute approximate surface area is 73.0 Å². The van der Waals surface area contributed by atoms with Gasteiger partial charge in [0.15, 0.2) is 0 Å². The smallest absolute Gasteiger partial charge is 0.382 e. The van der Waals surface area contributed by atoms with Crippen molar-refractivity contribution in [3.8, 4) is 6.07 Å². The Kier molecular flexibility index (Phi) is 3.48. The second-order valence-corrected chi connectivity index (χ2v) is 2.45. The lowest BCUT2D eigenvalue weighted by Gasteiger charge is -2.07. The first-order valence-electron chi connectivity index (χ1n) is 3.19. The van der Waals surface area contributed by atoms with Gasteiger partial charge in [0.05, 0.1) is 0 Å². The molecule has 0 amide bonds. The number of halogens is 3. The van der Waals surface area contributed by atoms with Gasteiger partial charge in [-0.3, -0.25) is 4.79 Å². The van der Waals surface area contributed by atoms with Gasteiger partial charge in [-0.05, 0) is 0 Å². The molecule has 0 saturated carbocycles. The second-order valence-electron chi connectivity index (χ2n) is 2.45. The first-order valence-corrected chi connectivity index (χ1v) is 3.19. The molecule has 0 aromatic carbocycles. The monoisotopic (exact) mass is 192 g/mol. The van der Waals surface area contributed by atoms with Crippen LogP contribution in [0.15, 0.2) is 11.8 Å². The average Bonchev–Trinajstić information content (AvgIpc) is 1.96. The molecule has 0 rings (SSSR count). The van der Waals surface area contributed by atoms with Gasteiger partial charge >= 0.3 is 6.18 Å². The molecule has 13 heavy (non-hydrogen) atoms. The van der Waals surface area contributed by atoms with Crippen LogP contribution in [0.25, 0.3) is 0 Å². The second kappa shape index (κ2) is 3.94. The van der Waals surface area contributed by atoms with E-state index in [2.05, 4.69) is 0 Å². The van der Waals surface area contributed by atoms with Gasteiger partial charge in [0.25, 0.3) is 5.78 Å². The number of rotatable bonds is 2. The highest BCUT2D eigenvalue weighted by atomic mass is 19.4. The van der Waals surface area contributed by atoms with Crippen LogP contribution in [0, 0.1) is 11.3 Å². The van der Waals surface area contributed by atoms with Gasteiger partial charge in [-0.25, -0.2) is 0 Å². The van der Waals surface area contributed by atoms with Crippen molar-refractivity contribution in [3.63, 3.8) is 0 Å². The van der Waals surface area contributed by atoms with Crippen LogP contribution in [-0.4, -0.2) is 31.0 Å². The summed E-state index contributed by atoms with van der Waals surface area (Å²) in [4.78, 5) is 11.7. The van der Waals surface area contributed by atoms with Crippen LogP contribution in [0.5, 0.6) is 0 Å². The van der Waals surface area contributed by atoms with Crippen molar-refractivity contribution >= 4 is 5.78 Å². The van der Waals surface area contributed by atoms with E-state index in [0.29, 0.717) is 0 Å². The zero-order valence-electron chi connectivity index (χ0n) is 7.01. The topological polar surface area (TPSA) is 44.1 Å². The van der Waals surface area contributed by atoms with E-state index in [-0.39, 0.29) is 0 Å². The van der Waals surface area contributed by atoms with E-state index in [1.807, 2.05) is 0 Å². The Morgan fingerprint density at radius 1 is 1.46 bits per heavy atom. The summed E-state index contributed by atoms with van der Waals surface area (Å²) >= 11 is 0. The van der Waals surface area contributed by atoms with Crippen molar-refractivity contribution in [1.29, 1.82) is 5.26 Å². The number of carbonyl (C=O) groups excluding carboxylic acids is 1. The number of nitrogens with zero attached hydrogens (tertiary/aromatic N) is 2. The van der Waals surface area contributed by atoms with Crippen molar-refractivity contribution in [2.24, 2.45) is 0 Å². The van der Waals surface area contributed by atoms with Gasteiger partial charge in [-0.1, -0.05) is 0 Å². The van der Waals surface area contributed by atoms with Crippen molar-refractivity contribution in [2.75, 3.05) is 14.1 Å². The van der Waals surface area contributed by atoms with Crippen LogP contribution in [0.1, 0.15) is 0 Å². The fourth-order valence-corrected chi connectivity index (χ4v) is 0.549. The van der Waals surface area contributed by atoms with E-state index < -0.39 is 17.5 Å². The van der Waals surface area contributed by atoms with E-state index in [0.717, 1.165) is 6.20 Å². The summed E-state index contributed by atoms with van der Waals surface area (Å²) in [6.07, 6.45) is -4.16. The van der Waals surface area contributed by atoms with Gasteiger partial charge < -0.3 is 4.90 Å². The summed E-state index contributed by atoms with van der Waals surface area (Å²) in [5.41, 5.74) is -0.919. The first-order chi connectivity index (χ1) is 5.79. The number of carbonyl (C=O) groups is 1. The van der Waals surface area contributed by atoms with Gasteiger partial charge in [0.2, 0.25) is 0 Å². The minimum atomic E-state index is -4.99. The van der Waals surface area contributed by atoms with Crippen molar-refractivity contribution in [2.45, 2.75) is 6.18 Å². The third kappa shape index (κ3) is 3.60. The number of hydrogen-bond donors (Lipinski definition) is 0. The molecule has 72 valence electrons. The molecule has 0 aromatic heterocycles. The van der Waals surface area contributed by atoms with Gasteiger partial charge in [-0.15, -0.1) is 0 Å². The van der Waals surface area contributed by atoms with Crippen molar-refractivity contribution in [3.05, 3.63) is 11.8 Å². The molecule has 0 aliphatic heterocycles. The first kappa shape index (κ1) is 11.5. The minimum absolute atomic E-state index is 0.829. The Morgan fingerprint density at radius 3 is 2.15 bits per heavy atom. The SMILES string of the molecule is CN(C)C=C(C#N)C(=O)C(F)(F)F. The minimum Gasteiger partial charge on any atom is -0.382 e. The fraction of sp³-hybridized carbons (Fsp3) is 0.429. The molecule has 0 aliphatic rings. The Hall–Kier alpha value is -1.51. The molecule has 0 heterocycles. The van der Waals surface area contributed by atoms with E-state index >= 15 is 0 Å². The Morgan fingerprint density at radius 2 is 1.92 bits per heavy atom. The molecule has 0 N–H and O–H groups in total. The van der Waals surface area contributed by atoms with E-state index in [1.165, 1.54) is 25.1 Å². The highest BCUT2D eigenvalue weighted by Gasteiger charge is 2.40. The predicted octanol–water partition coefficient (Wildman–Crippen LogP) is 1.09. The quantitative estimate of drug-likeness (QED) is 0.485. The summed E-state index contributed by atoms with van der Waals surface area (Å²) in [5, 5.41) is 8.24. The maximum absolute atomic E-state index is 11.8. The summed E-state index contributed by atoms with van der Waals surface area (Å²) in [6.45, 7) is 0. The van der Waals surface area contributed by atoms with Gasteiger partial charge in [0.1, 0.15) is 11.6 Å². The molecule has 0 spiro atoms. The van der Waals surface area contributed by atoms with Crippen LogP contribution >= 0.6 is 0 Å². The zero-order valence-corrected chi connectivity index (χ0v) is 7.01. The third-order valence-corrected chi connectivity index (χ3v) is 1.01. The van der Waals surface area contributed by atoms with Crippen LogP contribution in [0.3, 0.4) is 0 Å². The fourth-order valence-electron chi connectivity index (χ4n) is 0.549. The Bertz CT molecular complexity index is 272. The summed E-state index contributed by atoms with van der Waals surface area (Å²) in [7, 11) is 2.84. The van der Waals surface area contributed by atoms with Crippen LogP contribution in [-0.2, 0) is 4.79 Å². The largest absolute Gasteiger partial charge is 0.455 e. The number of hydrogen-bond acceptors (Lipinski definition) is 3. The van der Waals surface area contributed by atoms with E-state index in [4.69, 9.17) is 5.26 Å². The lowest BCUT2D eigenvalue weighted by atomic mass is 10.2. The molecule has 0 atom stereocenters. The molecule has 0 fully saturated rings. The highest BCUT2D eigenvalue weighted by Crippen LogP contribution is 2.20. The molecule has 3 nitrogen and oxygen atoms in total. The highest BCUT2D eigenvalue weighted by molar-refractivity contribution is 6.02. The van der Waals surface area contributed by atoms with Crippen molar-refractivity contribution < 1.29 is 18.0 Å². The van der Waals surface area contributed by atoms with E-state index in [1.54, 1.807) is 0 Å². The molecular formula is C7H7F3N2O. The molecule has 0 unspecified atom stereocenters. The predicted molar refractivity (Wildman–Crippen MR) is 38.4 cm³/mol. The molecule has 6 heteroatoms. The van der Waals surface area contributed by atoms with Gasteiger partial charge in [0, 0.05) is 20.3 Å². The standard InChI is InChI=1S/C7H7F3N2O/c1-12(2)4-5(3-11)6(13)7(8,9)10/h4H,1-2H3. The number of alkyl halides is 3. The molecule has 0 saturated heterocycles. The summed E-state index contributed by atoms with van der Waals surface area (Å²) in [6, 6.07) is 1.19. The maximum atomic E-state index is 11.8. The zero-order chi connectivity index (χ0) is 10.6. The Balaban J connectivity index is 4.85. The summed E-state index contributed by atoms with van der Waals surface area (Å²) in [5.74, 6) is -2.12. The molecule has 0 radical (unpaired) electrons. The molecular weight excluding hydrogens is 185 g/mol. The average molecular weight is 192 g/mol. The lowest BCUT2D eigenvalue weighted by molar-refractivity contribution is -0.166. The van der Waals surface area contributed by atoms with Crippen LogP contribution < -0.4 is 0 Å². The number of allylic oxidation sites excluding steroid dienone is 1. The normalized spacial score (nSPS) is 12.2. The molecule has 0 aliphatic carbocycles. The lowest BCUT2D eigenvalue weighted by Crippen LogP contribution is -2.25. The maximum Gasteiger partial charge on any atom is 0.455 e. The third-order valence-electron chi connectivity index (χ3n) is 1.01. The van der Waals surface area contributed by atoms with Crippen LogP contribution in [0.2, 0.25) is 0 Å². The number of Topliss-reactive ketones (excluding diaryl/α,β-unsaturated/α-hetero) is 1. The van der Waals surface area contributed by atoms with Crippen LogP contribution in [0.4, 0.5) is 13.2 Å². The molecule has 0 aromatic rings. The number of ketones is 1. The number of nitriles is 1. The van der Waals surface area contributed by atoms with Gasteiger partial charge in [-0.2, -0.15) is 18.4 Å². The molecule has 0 bridgehead atoms. The summed E-state index contributed by atoms with van der Waals surface area (Å²) < 4.78 is 35.3.